The lowest BCUT2D eigenvalue weighted by atomic mass is 9.70. The summed E-state index contributed by atoms with van der Waals surface area (Å²) in [5, 5.41) is 0. The topological polar surface area (TPSA) is 34.1 Å². The van der Waals surface area contributed by atoms with Gasteiger partial charge < -0.3 is 0 Å². The monoisotopic (exact) mass is 384 g/mol. The fraction of sp³-hybridized carbons (Fsp3) is 0.680. The molecule has 1 rings (SSSR count). The summed E-state index contributed by atoms with van der Waals surface area (Å²) in [4.78, 5) is 23.9. The minimum absolute atomic E-state index is 0. The van der Waals surface area contributed by atoms with E-state index in [9.17, 15) is 9.59 Å². The fourth-order valence-corrected chi connectivity index (χ4v) is 3.07. The standard InChI is InChI=1S/C19H28O2.6CH4/c1-6-17(15(3)20)13-19(5,16(4)21)12-14(2)18-10-8-7-9-11-18;;;;;;/h7-11,14,17H,6,12-13H2,1-5H3;6*1H4. The fourth-order valence-electron chi connectivity index (χ4n) is 3.07. The molecule has 0 aliphatic heterocycles. The van der Waals surface area contributed by atoms with Gasteiger partial charge in [-0.15, -0.1) is 0 Å². The summed E-state index contributed by atoms with van der Waals surface area (Å²) in [5.74, 6) is 0.675. The van der Waals surface area contributed by atoms with Crippen molar-refractivity contribution in [3.8, 4) is 0 Å². The van der Waals surface area contributed by atoms with Gasteiger partial charge in [0.05, 0.1) is 0 Å². The third kappa shape index (κ3) is 11.8. The van der Waals surface area contributed by atoms with Gasteiger partial charge in [0.25, 0.3) is 0 Å². The van der Waals surface area contributed by atoms with Crippen LogP contribution in [0.25, 0.3) is 0 Å². The largest absolute Gasteiger partial charge is 0.300 e. The Hall–Kier alpha value is -1.44. The molecule has 0 fully saturated rings. The highest BCUT2D eigenvalue weighted by Gasteiger charge is 2.35. The van der Waals surface area contributed by atoms with Gasteiger partial charge >= 0.3 is 0 Å². The van der Waals surface area contributed by atoms with Crippen LogP contribution in [0.1, 0.15) is 110 Å². The lowest BCUT2D eigenvalue weighted by Crippen LogP contribution is -2.32. The van der Waals surface area contributed by atoms with Crippen LogP contribution in [0.4, 0.5) is 0 Å². The van der Waals surface area contributed by atoms with Crippen molar-refractivity contribution in [3.05, 3.63) is 35.9 Å². The maximum atomic E-state index is 12.2. The van der Waals surface area contributed by atoms with Crippen LogP contribution in [0.5, 0.6) is 0 Å². The molecule has 0 aliphatic carbocycles. The number of benzene rings is 1. The third-order valence-corrected chi connectivity index (χ3v) is 4.74. The van der Waals surface area contributed by atoms with Crippen LogP contribution in [0, 0.1) is 11.3 Å². The Balaban J connectivity index is -0.000000184. The SMILES string of the molecule is C.C.C.C.C.C.CCC(CC(C)(CC(C)c1ccccc1)C(C)=O)C(C)=O. The van der Waals surface area contributed by atoms with Gasteiger partial charge in [0.1, 0.15) is 11.6 Å². The Morgan fingerprint density at radius 2 is 1.33 bits per heavy atom. The lowest BCUT2D eigenvalue weighted by Gasteiger charge is -2.32. The normalized spacial score (nSPS) is 13.1. The second-order valence-corrected chi connectivity index (χ2v) is 6.55. The predicted octanol–water partition coefficient (Wildman–Crippen LogP) is 8.60. The quantitative estimate of drug-likeness (QED) is 0.449. The molecule has 0 spiro atoms. The molecule has 0 heterocycles. The molecule has 0 N–H and O–H groups in total. The number of ketones is 2. The number of hydrogen-bond acceptors (Lipinski definition) is 2. The summed E-state index contributed by atoms with van der Waals surface area (Å²) in [7, 11) is 0. The van der Waals surface area contributed by atoms with Crippen molar-refractivity contribution in [1.29, 1.82) is 0 Å². The zero-order chi connectivity index (χ0) is 16.0. The highest BCUT2D eigenvalue weighted by atomic mass is 16.1. The lowest BCUT2D eigenvalue weighted by molar-refractivity contribution is -0.129. The molecule has 0 bridgehead atoms. The molecule has 2 nitrogen and oxygen atoms in total. The number of carbonyl (C=O) groups is 2. The minimum Gasteiger partial charge on any atom is -0.300 e. The molecule has 1 aromatic carbocycles. The summed E-state index contributed by atoms with van der Waals surface area (Å²) in [5.41, 5.74) is 0.822. The van der Waals surface area contributed by atoms with E-state index in [0.717, 1.165) is 12.8 Å². The van der Waals surface area contributed by atoms with Gasteiger partial charge in [0.2, 0.25) is 0 Å². The Bertz CT molecular complexity index is 478. The molecule has 27 heavy (non-hydrogen) atoms. The van der Waals surface area contributed by atoms with Gasteiger partial charge in [0, 0.05) is 11.3 Å². The molecule has 0 saturated carbocycles. The van der Waals surface area contributed by atoms with E-state index >= 15 is 0 Å². The second kappa shape index (κ2) is 17.9. The molecule has 0 aromatic heterocycles. The first-order chi connectivity index (χ1) is 9.80. The van der Waals surface area contributed by atoms with Gasteiger partial charge in [-0.2, -0.15) is 0 Å². The number of Topliss-reactive ketones (excluding diaryl/α,β-unsaturated/α-hetero) is 2. The highest BCUT2D eigenvalue weighted by molar-refractivity contribution is 5.84. The highest BCUT2D eigenvalue weighted by Crippen LogP contribution is 2.38. The average Bonchev–Trinajstić information content (AvgIpc) is 2.45. The summed E-state index contributed by atoms with van der Waals surface area (Å²) < 4.78 is 0. The molecule has 2 heteroatoms. The van der Waals surface area contributed by atoms with E-state index in [1.54, 1.807) is 13.8 Å². The zero-order valence-corrected chi connectivity index (χ0v) is 14.0. The van der Waals surface area contributed by atoms with Crippen LogP contribution >= 0.6 is 0 Å². The third-order valence-electron chi connectivity index (χ3n) is 4.74. The van der Waals surface area contributed by atoms with Crippen molar-refractivity contribution >= 4 is 11.6 Å². The van der Waals surface area contributed by atoms with E-state index in [0.29, 0.717) is 12.3 Å². The second-order valence-electron chi connectivity index (χ2n) is 6.55. The van der Waals surface area contributed by atoms with Gasteiger partial charge in [-0.3, -0.25) is 9.59 Å². The Kier molecular flexibility index (Phi) is 26.8. The van der Waals surface area contributed by atoms with Gasteiger partial charge in [0.15, 0.2) is 0 Å². The van der Waals surface area contributed by atoms with Crippen molar-refractivity contribution in [2.45, 2.75) is 104 Å². The maximum absolute atomic E-state index is 12.2. The summed E-state index contributed by atoms with van der Waals surface area (Å²) >= 11 is 0. The summed E-state index contributed by atoms with van der Waals surface area (Å²) in [6.07, 6.45) is 2.25. The molecule has 0 saturated heterocycles. The number of carbonyl (C=O) groups excluding carboxylic acids is 2. The number of rotatable bonds is 8. The van der Waals surface area contributed by atoms with Gasteiger partial charge in [-0.05, 0) is 44.6 Å². The molecular formula is C25H52O2. The molecular weight excluding hydrogens is 332 g/mol. The average molecular weight is 385 g/mol. The van der Waals surface area contributed by atoms with E-state index in [4.69, 9.17) is 0 Å². The van der Waals surface area contributed by atoms with Gasteiger partial charge in [-0.25, -0.2) is 0 Å². The van der Waals surface area contributed by atoms with Gasteiger partial charge in [-0.1, -0.05) is 95.7 Å². The van der Waals surface area contributed by atoms with Crippen LogP contribution in [0.15, 0.2) is 30.3 Å². The minimum atomic E-state index is -0.429. The molecule has 164 valence electrons. The van der Waals surface area contributed by atoms with Crippen LogP contribution in [-0.4, -0.2) is 11.6 Å². The number of hydrogen-bond donors (Lipinski definition) is 0. The molecule has 1 aromatic rings. The predicted molar refractivity (Wildman–Crippen MR) is 128 cm³/mol. The van der Waals surface area contributed by atoms with E-state index in [2.05, 4.69) is 19.1 Å². The van der Waals surface area contributed by atoms with Crippen molar-refractivity contribution < 1.29 is 9.59 Å². The van der Waals surface area contributed by atoms with Crippen LogP contribution < -0.4 is 0 Å². The van der Waals surface area contributed by atoms with Crippen LogP contribution in [0.3, 0.4) is 0 Å². The first-order valence-electron chi connectivity index (χ1n) is 7.86. The van der Waals surface area contributed by atoms with E-state index in [-0.39, 0.29) is 62.0 Å². The van der Waals surface area contributed by atoms with Crippen molar-refractivity contribution in [3.63, 3.8) is 0 Å². The van der Waals surface area contributed by atoms with Crippen LogP contribution in [-0.2, 0) is 9.59 Å². The van der Waals surface area contributed by atoms with Crippen molar-refractivity contribution in [2.24, 2.45) is 11.3 Å². The van der Waals surface area contributed by atoms with E-state index < -0.39 is 5.41 Å². The van der Waals surface area contributed by atoms with Crippen molar-refractivity contribution in [1.82, 2.24) is 0 Å². The summed E-state index contributed by atoms with van der Waals surface area (Å²) in [6.45, 7) is 9.48. The first kappa shape index (κ1) is 40.3. The summed E-state index contributed by atoms with van der Waals surface area (Å²) in [6, 6.07) is 10.3. The maximum Gasteiger partial charge on any atom is 0.135 e. The molecule has 3 unspecified atom stereocenters. The smallest absolute Gasteiger partial charge is 0.135 e. The molecule has 0 amide bonds. The van der Waals surface area contributed by atoms with E-state index in [1.165, 1.54) is 5.56 Å². The van der Waals surface area contributed by atoms with Crippen LogP contribution in [0.2, 0.25) is 0 Å². The molecule has 3 atom stereocenters. The van der Waals surface area contributed by atoms with Crippen molar-refractivity contribution in [2.75, 3.05) is 0 Å². The first-order valence-corrected chi connectivity index (χ1v) is 7.86. The Morgan fingerprint density at radius 3 is 1.67 bits per heavy atom. The van der Waals surface area contributed by atoms with E-state index in [1.807, 2.05) is 32.0 Å². The molecule has 0 aliphatic rings. The Labute approximate surface area is 173 Å². The Morgan fingerprint density at radius 1 is 0.889 bits per heavy atom. The molecule has 0 radical (unpaired) electrons. The zero-order valence-electron chi connectivity index (χ0n) is 14.0.